The Morgan fingerprint density at radius 3 is 2.58 bits per heavy atom. The Morgan fingerprint density at radius 2 is 1.97 bits per heavy atom. The fourth-order valence-corrected chi connectivity index (χ4v) is 7.84. The molecule has 1 spiro atoms. The van der Waals surface area contributed by atoms with Crippen LogP contribution in [0.4, 0.5) is 0 Å². The van der Waals surface area contributed by atoms with Crippen molar-refractivity contribution in [3.05, 3.63) is 40.3 Å². The van der Waals surface area contributed by atoms with Crippen LogP contribution in [0, 0.1) is 34.5 Å². The highest BCUT2D eigenvalue weighted by Gasteiger charge is 2.76. The number of ketones is 1. The first kappa shape index (κ1) is 25.4. The van der Waals surface area contributed by atoms with Crippen molar-refractivity contribution in [1.29, 1.82) is 0 Å². The number of hydrogen-bond acceptors (Lipinski definition) is 8. The highest BCUT2D eigenvalue weighted by molar-refractivity contribution is 5.96. The number of carbonyl (C=O) groups is 2. The van der Waals surface area contributed by atoms with Crippen molar-refractivity contribution < 1.29 is 34.2 Å². The van der Waals surface area contributed by atoms with Gasteiger partial charge in [-0.2, -0.15) is 0 Å². The molecule has 8 heteroatoms. The maximum absolute atomic E-state index is 14.4. The summed E-state index contributed by atoms with van der Waals surface area (Å²) in [6.45, 7) is 11.1. The minimum Gasteiger partial charge on any atom is -0.451 e. The summed E-state index contributed by atoms with van der Waals surface area (Å²) in [5, 5.41) is 38.3. The molecule has 5 rings (SSSR count). The second-order valence-electron chi connectivity index (χ2n) is 11.8. The van der Waals surface area contributed by atoms with Gasteiger partial charge in [-0.15, -0.1) is 0 Å². The molecule has 0 saturated heterocycles. The van der Waals surface area contributed by atoms with E-state index < -0.39 is 41.7 Å². The number of aromatic nitrogens is 1. The van der Waals surface area contributed by atoms with Crippen LogP contribution in [0.3, 0.4) is 0 Å². The number of allylic oxidation sites excluding steroid dienone is 1. The molecule has 0 amide bonds. The number of hydrogen-bond donors (Lipinski definition) is 3. The van der Waals surface area contributed by atoms with Crippen molar-refractivity contribution in [3.8, 4) is 0 Å². The molecule has 2 saturated carbocycles. The molecule has 36 heavy (non-hydrogen) atoms. The van der Waals surface area contributed by atoms with E-state index >= 15 is 0 Å². The van der Waals surface area contributed by atoms with E-state index in [2.05, 4.69) is 19.0 Å². The molecule has 2 bridgehead atoms. The van der Waals surface area contributed by atoms with Crippen molar-refractivity contribution in [3.63, 3.8) is 0 Å². The molecule has 196 valence electrons. The quantitative estimate of drug-likeness (QED) is 0.417. The third kappa shape index (κ3) is 2.95. The Labute approximate surface area is 211 Å². The number of Topliss-reactive ketones (excluding diaryl/α,β-unsaturated/α-hetero) is 1. The number of rotatable bonds is 5. The molecule has 1 aromatic heterocycles. The van der Waals surface area contributed by atoms with Crippen LogP contribution in [0.5, 0.6) is 0 Å². The zero-order valence-corrected chi connectivity index (χ0v) is 21.9. The van der Waals surface area contributed by atoms with Crippen LogP contribution < -0.4 is 0 Å². The van der Waals surface area contributed by atoms with Gasteiger partial charge in [0.1, 0.15) is 11.7 Å². The van der Waals surface area contributed by atoms with Crippen LogP contribution in [-0.4, -0.2) is 56.6 Å². The Bertz CT molecular complexity index is 1160. The maximum Gasteiger partial charge on any atom is 0.344 e. The summed E-state index contributed by atoms with van der Waals surface area (Å²) in [6.07, 6.45) is 2.11. The lowest BCUT2D eigenvalue weighted by Crippen LogP contribution is -2.65. The number of aryl methyl sites for hydroxylation is 2. The largest absolute Gasteiger partial charge is 0.451 e. The maximum atomic E-state index is 14.4. The predicted molar refractivity (Wildman–Crippen MR) is 130 cm³/mol. The SMILES string of the molecule is CCc1noc(CC)c1C(=O)OC1C(C)=CC23C(=O)C(C=C(CO)C(O)C12O)C1C(CC3C)C1(C)C. The zero-order valence-electron chi connectivity index (χ0n) is 21.9. The lowest BCUT2D eigenvalue weighted by atomic mass is 9.59. The van der Waals surface area contributed by atoms with Gasteiger partial charge in [0.2, 0.25) is 0 Å². The van der Waals surface area contributed by atoms with Crippen molar-refractivity contribution in [2.75, 3.05) is 6.61 Å². The fraction of sp³-hybridized carbons (Fsp3) is 0.679. The molecule has 0 aliphatic heterocycles. The molecule has 1 aromatic rings. The molecule has 3 N–H and O–H groups in total. The number of aliphatic hydroxyl groups is 3. The van der Waals surface area contributed by atoms with E-state index in [0.29, 0.717) is 36.3 Å². The van der Waals surface area contributed by atoms with Gasteiger partial charge in [-0.3, -0.25) is 4.79 Å². The van der Waals surface area contributed by atoms with Gasteiger partial charge in [0.25, 0.3) is 0 Å². The lowest BCUT2D eigenvalue weighted by Gasteiger charge is -2.48. The van der Waals surface area contributed by atoms with Gasteiger partial charge < -0.3 is 24.6 Å². The summed E-state index contributed by atoms with van der Waals surface area (Å²) in [5.41, 5.74) is -2.30. The topological polar surface area (TPSA) is 130 Å². The summed E-state index contributed by atoms with van der Waals surface area (Å²) in [7, 11) is 0. The van der Waals surface area contributed by atoms with Crippen LogP contribution in [0.25, 0.3) is 0 Å². The van der Waals surface area contributed by atoms with E-state index in [1.165, 1.54) is 0 Å². The number of carbonyl (C=O) groups excluding carboxylic acids is 2. The first-order chi connectivity index (χ1) is 16.9. The van der Waals surface area contributed by atoms with E-state index in [-0.39, 0.29) is 40.1 Å². The number of ether oxygens (including phenoxy) is 1. The second kappa shape index (κ2) is 8.10. The molecule has 4 aliphatic carbocycles. The number of aliphatic hydroxyl groups excluding tert-OH is 2. The van der Waals surface area contributed by atoms with Gasteiger partial charge in [0.15, 0.2) is 23.2 Å². The minimum atomic E-state index is -2.16. The van der Waals surface area contributed by atoms with Crippen molar-refractivity contribution in [2.45, 2.75) is 78.6 Å². The van der Waals surface area contributed by atoms with E-state index in [1.807, 2.05) is 20.8 Å². The van der Waals surface area contributed by atoms with Crippen LogP contribution in [0.2, 0.25) is 0 Å². The van der Waals surface area contributed by atoms with E-state index in [0.717, 1.165) is 0 Å². The van der Waals surface area contributed by atoms with Gasteiger partial charge in [0, 0.05) is 12.3 Å². The lowest BCUT2D eigenvalue weighted by molar-refractivity contribution is -0.190. The smallest absolute Gasteiger partial charge is 0.344 e. The van der Waals surface area contributed by atoms with Gasteiger partial charge in [-0.05, 0) is 54.1 Å². The van der Waals surface area contributed by atoms with E-state index in [9.17, 15) is 24.9 Å². The summed E-state index contributed by atoms with van der Waals surface area (Å²) in [5.74, 6) is -1.02. The third-order valence-corrected chi connectivity index (χ3v) is 9.82. The van der Waals surface area contributed by atoms with Crippen molar-refractivity contribution in [2.24, 2.45) is 34.5 Å². The molecule has 1 heterocycles. The standard InChI is InChI=1S/C28H37NO7/c1-7-18-20(19(8-2)36-29-18)25(33)35-24-13(3)11-27-14(4)9-17-21(26(17,5)6)16(23(27)32)10-15(12-30)22(31)28(24,27)34/h10-11,14,16-17,21-22,24,30-31,34H,7-9,12H2,1-6H3. The van der Waals surface area contributed by atoms with Crippen LogP contribution in [0.1, 0.15) is 69.8 Å². The number of nitrogens with zero attached hydrogens (tertiary/aromatic N) is 1. The summed E-state index contributed by atoms with van der Waals surface area (Å²) < 4.78 is 11.3. The van der Waals surface area contributed by atoms with Crippen LogP contribution >= 0.6 is 0 Å². The van der Waals surface area contributed by atoms with Gasteiger partial charge in [-0.25, -0.2) is 4.79 Å². The summed E-state index contributed by atoms with van der Waals surface area (Å²) >= 11 is 0. The summed E-state index contributed by atoms with van der Waals surface area (Å²) in [6, 6.07) is 0. The first-order valence-corrected chi connectivity index (χ1v) is 13.1. The molecule has 0 aromatic carbocycles. The Morgan fingerprint density at radius 1 is 1.28 bits per heavy atom. The molecule has 0 radical (unpaired) electrons. The van der Waals surface area contributed by atoms with Crippen molar-refractivity contribution in [1.82, 2.24) is 5.16 Å². The molecule has 4 aliphatic rings. The average molecular weight is 500 g/mol. The Balaban J connectivity index is 1.63. The molecule has 8 atom stereocenters. The number of fused-ring (bicyclic) bond motifs is 3. The molecule has 8 unspecified atom stereocenters. The van der Waals surface area contributed by atoms with E-state index in [4.69, 9.17) is 9.26 Å². The highest BCUT2D eigenvalue weighted by Crippen LogP contribution is 2.71. The molecular weight excluding hydrogens is 462 g/mol. The monoisotopic (exact) mass is 499 g/mol. The molecular formula is C28H37NO7. The third-order valence-electron chi connectivity index (χ3n) is 9.82. The summed E-state index contributed by atoms with van der Waals surface area (Å²) in [4.78, 5) is 27.9. The Kier molecular flexibility index (Phi) is 5.71. The zero-order chi connectivity index (χ0) is 26.4. The predicted octanol–water partition coefficient (Wildman–Crippen LogP) is 2.79. The van der Waals surface area contributed by atoms with Gasteiger partial charge in [0.05, 0.1) is 17.7 Å². The van der Waals surface area contributed by atoms with Crippen LogP contribution in [-0.2, 0) is 22.4 Å². The number of esters is 1. The normalized spacial score (nSPS) is 40.4. The first-order valence-electron chi connectivity index (χ1n) is 13.1. The Hall–Kier alpha value is -2.29. The minimum absolute atomic E-state index is 0.0503. The molecule has 8 nitrogen and oxygen atoms in total. The van der Waals surface area contributed by atoms with Crippen molar-refractivity contribution >= 4 is 11.8 Å². The fourth-order valence-electron chi connectivity index (χ4n) is 7.84. The van der Waals surface area contributed by atoms with Gasteiger partial charge in [-0.1, -0.05) is 51.9 Å². The van der Waals surface area contributed by atoms with Crippen LogP contribution in [0.15, 0.2) is 27.8 Å². The van der Waals surface area contributed by atoms with E-state index in [1.54, 1.807) is 19.1 Å². The van der Waals surface area contributed by atoms with Gasteiger partial charge >= 0.3 is 5.97 Å². The highest BCUT2D eigenvalue weighted by atomic mass is 16.6. The average Bonchev–Trinajstić information content (AvgIpc) is 3.13. The second-order valence-corrected chi connectivity index (χ2v) is 11.8. The molecule has 2 fully saturated rings.